The maximum Gasteiger partial charge on any atom is 0.331 e. The first kappa shape index (κ1) is 15.8. The summed E-state index contributed by atoms with van der Waals surface area (Å²) in [4.78, 5) is 34.7. The molecule has 1 aromatic rings. The predicted molar refractivity (Wildman–Crippen MR) is 75.9 cm³/mol. The highest BCUT2D eigenvalue weighted by molar-refractivity contribution is 6.00. The van der Waals surface area contributed by atoms with Crippen LogP contribution in [0.4, 0.5) is 5.69 Å². The van der Waals surface area contributed by atoms with E-state index in [4.69, 9.17) is 9.47 Å². The lowest BCUT2D eigenvalue weighted by molar-refractivity contribution is -0.145. The van der Waals surface area contributed by atoms with E-state index < -0.39 is 17.4 Å². The number of amides is 2. The maximum atomic E-state index is 12.2. The molecule has 8 heteroatoms. The molecule has 3 N–H and O–H groups in total. The zero-order valence-corrected chi connectivity index (χ0v) is 12.1. The van der Waals surface area contributed by atoms with Gasteiger partial charge in [0.2, 0.25) is 0 Å². The molecule has 0 radical (unpaired) electrons. The summed E-state index contributed by atoms with van der Waals surface area (Å²) in [6.45, 7) is 1.05. The van der Waals surface area contributed by atoms with Crippen LogP contribution in [0.1, 0.15) is 17.3 Å². The molecule has 22 heavy (non-hydrogen) atoms. The molecule has 8 nitrogen and oxygen atoms in total. The van der Waals surface area contributed by atoms with Crippen LogP contribution >= 0.6 is 0 Å². The van der Waals surface area contributed by atoms with Crippen LogP contribution in [-0.2, 0) is 14.3 Å². The zero-order valence-electron chi connectivity index (χ0n) is 12.1. The van der Waals surface area contributed by atoms with E-state index in [1.165, 1.54) is 32.2 Å². The highest BCUT2D eigenvalue weighted by Crippen LogP contribution is 2.28. The van der Waals surface area contributed by atoms with Crippen LogP contribution in [0.5, 0.6) is 5.75 Å². The van der Waals surface area contributed by atoms with Gasteiger partial charge in [0.25, 0.3) is 11.8 Å². The van der Waals surface area contributed by atoms with Gasteiger partial charge in [0.05, 0.1) is 12.3 Å². The van der Waals surface area contributed by atoms with Crippen molar-refractivity contribution in [1.82, 2.24) is 5.32 Å². The third kappa shape index (κ3) is 3.17. The Morgan fingerprint density at radius 3 is 2.86 bits per heavy atom. The molecule has 2 amide bonds. The van der Waals surface area contributed by atoms with Crippen LogP contribution in [0.25, 0.3) is 0 Å². The Balaban J connectivity index is 2.19. The smallest absolute Gasteiger partial charge is 0.331 e. The summed E-state index contributed by atoms with van der Waals surface area (Å²) >= 11 is 0. The molecule has 1 aliphatic heterocycles. The number of carboxylic acid groups (broad SMARTS) is 1. The summed E-state index contributed by atoms with van der Waals surface area (Å²) in [7, 11) is 1.35. The SMILES string of the molecule is COCC(C)(NC(=O)c1ccc2c(c1)OCC(=O)N2)C(=O)O. The average molecular weight is 308 g/mol. The maximum absolute atomic E-state index is 12.2. The first-order valence-corrected chi connectivity index (χ1v) is 6.47. The van der Waals surface area contributed by atoms with Crippen molar-refractivity contribution in [3.8, 4) is 5.75 Å². The number of carbonyl (C=O) groups excluding carboxylic acids is 2. The largest absolute Gasteiger partial charge is 0.482 e. The van der Waals surface area contributed by atoms with Crippen LogP contribution in [0.2, 0.25) is 0 Å². The molecular weight excluding hydrogens is 292 g/mol. The number of aliphatic carboxylic acids is 1. The van der Waals surface area contributed by atoms with Crippen molar-refractivity contribution in [2.75, 3.05) is 25.6 Å². The number of ether oxygens (including phenoxy) is 2. The van der Waals surface area contributed by atoms with E-state index in [9.17, 15) is 19.5 Å². The van der Waals surface area contributed by atoms with Crippen molar-refractivity contribution >= 4 is 23.5 Å². The number of rotatable bonds is 5. The number of anilines is 1. The van der Waals surface area contributed by atoms with Gasteiger partial charge >= 0.3 is 5.97 Å². The van der Waals surface area contributed by atoms with Crippen molar-refractivity contribution in [1.29, 1.82) is 0 Å². The van der Waals surface area contributed by atoms with Crippen LogP contribution in [0, 0.1) is 0 Å². The third-order valence-electron chi connectivity index (χ3n) is 3.17. The van der Waals surface area contributed by atoms with Crippen LogP contribution < -0.4 is 15.4 Å². The summed E-state index contributed by atoms with van der Waals surface area (Å²) in [6, 6.07) is 4.44. The molecule has 1 aromatic carbocycles. The topological polar surface area (TPSA) is 114 Å². The first-order chi connectivity index (χ1) is 10.4. The summed E-state index contributed by atoms with van der Waals surface area (Å²) in [6.07, 6.45) is 0. The van der Waals surface area contributed by atoms with Crippen molar-refractivity contribution in [2.45, 2.75) is 12.5 Å². The summed E-state index contributed by atoms with van der Waals surface area (Å²) in [5.74, 6) is -1.70. The Labute approximate surface area is 126 Å². The first-order valence-electron chi connectivity index (χ1n) is 6.47. The van der Waals surface area contributed by atoms with Gasteiger partial charge in [0.15, 0.2) is 12.1 Å². The van der Waals surface area contributed by atoms with Gasteiger partial charge in [0.1, 0.15) is 5.75 Å². The summed E-state index contributed by atoms with van der Waals surface area (Å²) < 4.78 is 10.1. The second-order valence-corrected chi connectivity index (χ2v) is 5.07. The van der Waals surface area contributed by atoms with E-state index in [0.717, 1.165) is 0 Å². The summed E-state index contributed by atoms with van der Waals surface area (Å²) in [5.41, 5.74) is -0.860. The lowest BCUT2D eigenvalue weighted by Gasteiger charge is -2.25. The molecule has 0 aliphatic carbocycles. The van der Waals surface area contributed by atoms with Crippen LogP contribution in [0.15, 0.2) is 18.2 Å². The Kier molecular flexibility index (Phi) is 4.32. The van der Waals surface area contributed by atoms with Gasteiger partial charge in [-0.25, -0.2) is 4.79 Å². The Morgan fingerprint density at radius 2 is 2.23 bits per heavy atom. The quantitative estimate of drug-likeness (QED) is 0.718. The van der Waals surface area contributed by atoms with Gasteiger partial charge in [-0.05, 0) is 25.1 Å². The molecule has 1 unspecified atom stereocenters. The van der Waals surface area contributed by atoms with Gasteiger partial charge in [-0.2, -0.15) is 0 Å². The van der Waals surface area contributed by atoms with Gasteiger partial charge in [-0.3, -0.25) is 9.59 Å². The number of nitrogens with one attached hydrogen (secondary N) is 2. The molecule has 0 saturated carbocycles. The van der Waals surface area contributed by atoms with Crippen molar-refractivity contribution in [2.24, 2.45) is 0 Å². The number of hydrogen-bond acceptors (Lipinski definition) is 5. The number of carboxylic acids is 1. The van der Waals surface area contributed by atoms with Gasteiger partial charge in [-0.15, -0.1) is 0 Å². The van der Waals surface area contributed by atoms with Crippen LogP contribution in [0.3, 0.4) is 0 Å². The van der Waals surface area contributed by atoms with Gasteiger partial charge in [0, 0.05) is 12.7 Å². The summed E-state index contributed by atoms with van der Waals surface area (Å²) in [5, 5.41) is 14.2. The fourth-order valence-electron chi connectivity index (χ4n) is 1.98. The highest BCUT2D eigenvalue weighted by Gasteiger charge is 2.35. The minimum Gasteiger partial charge on any atom is -0.482 e. The molecular formula is C14H16N2O6. The van der Waals surface area contributed by atoms with Gasteiger partial charge < -0.3 is 25.2 Å². The molecule has 118 valence electrons. The Hall–Kier alpha value is -2.61. The second-order valence-electron chi connectivity index (χ2n) is 5.07. The van der Waals surface area contributed by atoms with Crippen LogP contribution in [-0.4, -0.2) is 48.8 Å². The molecule has 0 saturated heterocycles. The number of fused-ring (bicyclic) bond motifs is 1. The minimum absolute atomic E-state index is 0.130. The number of carbonyl (C=O) groups is 3. The van der Waals surface area contributed by atoms with Crippen molar-refractivity contribution < 1.29 is 29.0 Å². The predicted octanol–water partition coefficient (Wildman–Crippen LogP) is 0.237. The van der Waals surface area contributed by atoms with E-state index in [0.29, 0.717) is 11.4 Å². The molecule has 0 spiro atoms. The molecule has 0 fully saturated rings. The van der Waals surface area contributed by atoms with E-state index >= 15 is 0 Å². The lowest BCUT2D eigenvalue weighted by atomic mass is 10.0. The monoisotopic (exact) mass is 308 g/mol. The third-order valence-corrected chi connectivity index (χ3v) is 3.17. The Morgan fingerprint density at radius 1 is 1.50 bits per heavy atom. The van der Waals surface area contributed by atoms with Crippen molar-refractivity contribution in [3.63, 3.8) is 0 Å². The fourth-order valence-corrected chi connectivity index (χ4v) is 1.98. The standard InChI is InChI=1S/C14H16N2O6/c1-14(7-21-2,13(19)20)16-12(18)8-3-4-9-10(5-8)22-6-11(17)15-9/h3-5H,6-7H2,1-2H3,(H,15,17)(H,16,18)(H,19,20). The molecule has 2 rings (SSSR count). The zero-order chi connectivity index (χ0) is 16.3. The number of methoxy groups -OCH3 is 1. The molecule has 1 heterocycles. The Bertz CT molecular complexity index is 630. The number of hydrogen-bond donors (Lipinski definition) is 3. The molecule has 0 aromatic heterocycles. The lowest BCUT2D eigenvalue weighted by Crippen LogP contribution is -2.55. The van der Waals surface area contributed by atoms with E-state index in [-0.39, 0.29) is 24.7 Å². The van der Waals surface area contributed by atoms with E-state index in [1.807, 2.05) is 0 Å². The van der Waals surface area contributed by atoms with Gasteiger partial charge in [-0.1, -0.05) is 0 Å². The molecule has 1 atom stereocenters. The second kappa shape index (κ2) is 6.02. The van der Waals surface area contributed by atoms with E-state index in [1.54, 1.807) is 0 Å². The molecule has 0 bridgehead atoms. The number of benzene rings is 1. The normalized spacial score (nSPS) is 15.8. The van der Waals surface area contributed by atoms with Crippen molar-refractivity contribution in [3.05, 3.63) is 23.8 Å². The highest BCUT2D eigenvalue weighted by atomic mass is 16.5. The fraction of sp³-hybridized carbons (Fsp3) is 0.357. The average Bonchev–Trinajstić information content (AvgIpc) is 2.46. The molecule has 1 aliphatic rings. The minimum atomic E-state index is -1.54. The van der Waals surface area contributed by atoms with E-state index in [2.05, 4.69) is 10.6 Å².